The van der Waals surface area contributed by atoms with Crippen LogP contribution in [0.25, 0.3) is 0 Å². The van der Waals surface area contributed by atoms with E-state index in [1.165, 1.54) is 10.9 Å². The number of hydrogen-bond acceptors (Lipinski definition) is 4. The minimum absolute atomic E-state index is 0.0434. The second-order valence-electron chi connectivity index (χ2n) is 7.92. The summed E-state index contributed by atoms with van der Waals surface area (Å²) in [7, 11) is -4.42. The van der Waals surface area contributed by atoms with Gasteiger partial charge in [0.25, 0.3) is 0 Å². The number of hydrogen-bond donors (Lipinski definition) is 2. The Morgan fingerprint density at radius 1 is 1.27 bits per heavy atom. The van der Waals surface area contributed by atoms with Gasteiger partial charge in [-0.3, -0.25) is 14.0 Å². The van der Waals surface area contributed by atoms with E-state index in [-0.39, 0.29) is 29.1 Å². The van der Waals surface area contributed by atoms with Crippen LogP contribution in [0.5, 0.6) is 0 Å². The van der Waals surface area contributed by atoms with Crippen LogP contribution in [0.3, 0.4) is 0 Å². The lowest BCUT2D eigenvalue weighted by Crippen LogP contribution is -2.34. The molecule has 1 atom stereocenters. The van der Waals surface area contributed by atoms with Crippen molar-refractivity contribution in [1.29, 1.82) is 0 Å². The van der Waals surface area contributed by atoms with Crippen LogP contribution in [0.2, 0.25) is 0 Å². The third-order valence-electron chi connectivity index (χ3n) is 3.20. The van der Waals surface area contributed by atoms with Crippen LogP contribution >= 0.6 is 7.60 Å². The lowest BCUT2D eigenvalue weighted by atomic mass is 9.76. The summed E-state index contributed by atoms with van der Waals surface area (Å²) in [5, 5.41) is 7.24. The summed E-state index contributed by atoms with van der Waals surface area (Å²) in [5.74, 6) is -0.179. The number of rotatable bonds is 5. The minimum atomic E-state index is -4.42. The molecule has 0 fully saturated rings. The monoisotopic (exact) mass is 331 g/mol. The van der Waals surface area contributed by atoms with E-state index in [1.54, 1.807) is 0 Å². The number of carbonyl (C=O) groups excluding carboxylic acids is 1. The number of aromatic nitrogens is 3. The summed E-state index contributed by atoms with van der Waals surface area (Å²) in [6.45, 7) is 12.0. The van der Waals surface area contributed by atoms with Gasteiger partial charge in [0, 0.05) is 11.3 Å². The van der Waals surface area contributed by atoms with E-state index in [2.05, 4.69) is 31.1 Å². The molecule has 126 valence electrons. The smallest absolute Gasteiger partial charge is 0.320 e. The molecule has 0 unspecified atom stereocenters. The molecule has 2 N–H and O–H groups in total. The van der Waals surface area contributed by atoms with E-state index in [0.29, 0.717) is 6.42 Å². The standard InChI is InChI=1S/C14H26N3O4P/c1-13(2,3)7-10(12(18)14(4,5)6)8-17-9-11(15-16-17)22(19,20)21/h9-10H,7-8H2,1-6H3,(H2,19,20,21)/t10-/m0/s1. The van der Waals surface area contributed by atoms with Gasteiger partial charge in [-0.1, -0.05) is 46.8 Å². The number of ketones is 1. The highest BCUT2D eigenvalue weighted by atomic mass is 31.2. The van der Waals surface area contributed by atoms with Crippen LogP contribution in [0.4, 0.5) is 0 Å². The molecule has 0 saturated carbocycles. The van der Waals surface area contributed by atoms with Crippen molar-refractivity contribution < 1.29 is 19.1 Å². The third-order valence-corrected chi connectivity index (χ3v) is 4.00. The molecule has 0 radical (unpaired) electrons. The molecule has 1 aromatic heterocycles. The molecule has 0 aliphatic heterocycles. The topological polar surface area (TPSA) is 105 Å². The molecule has 0 amide bonds. The summed E-state index contributed by atoms with van der Waals surface area (Å²) in [5.41, 5.74) is -0.897. The van der Waals surface area contributed by atoms with Gasteiger partial charge in [-0.25, -0.2) is 0 Å². The van der Waals surface area contributed by atoms with Gasteiger partial charge in [-0.15, -0.1) is 5.10 Å². The van der Waals surface area contributed by atoms with Crippen molar-refractivity contribution in [3.05, 3.63) is 6.20 Å². The molecule has 22 heavy (non-hydrogen) atoms. The predicted molar refractivity (Wildman–Crippen MR) is 83.7 cm³/mol. The Morgan fingerprint density at radius 2 is 1.82 bits per heavy atom. The van der Waals surface area contributed by atoms with Crippen LogP contribution in [0, 0.1) is 16.7 Å². The normalized spacial score (nSPS) is 14.9. The Labute approximate surface area is 131 Å². The molecule has 8 heteroatoms. The zero-order valence-corrected chi connectivity index (χ0v) is 15.0. The summed E-state index contributed by atoms with van der Waals surface area (Å²) in [4.78, 5) is 30.8. The van der Waals surface area contributed by atoms with Gasteiger partial charge in [0.2, 0.25) is 0 Å². The first-order valence-electron chi connectivity index (χ1n) is 7.21. The lowest BCUT2D eigenvalue weighted by Gasteiger charge is -2.29. The Morgan fingerprint density at radius 3 is 2.18 bits per heavy atom. The summed E-state index contributed by atoms with van der Waals surface area (Å²) < 4.78 is 12.5. The molecule has 0 spiro atoms. The van der Waals surface area contributed by atoms with E-state index < -0.39 is 13.0 Å². The highest BCUT2D eigenvalue weighted by Gasteiger charge is 2.33. The Kier molecular flexibility index (Phi) is 5.38. The summed E-state index contributed by atoms with van der Waals surface area (Å²) in [6.07, 6.45) is 1.88. The van der Waals surface area contributed by atoms with E-state index in [0.717, 1.165) is 0 Å². The zero-order chi connectivity index (χ0) is 17.3. The van der Waals surface area contributed by atoms with Gasteiger partial charge in [-0.05, 0) is 11.8 Å². The molecular weight excluding hydrogens is 305 g/mol. The summed E-state index contributed by atoms with van der Waals surface area (Å²) in [6, 6.07) is 0. The highest BCUT2D eigenvalue weighted by Crippen LogP contribution is 2.33. The minimum Gasteiger partial charge on any atom is -0.320 e. The van der Waals surface area contributed by atoms with E-state index >= 15 is 0 Å². The fourth-order valence-electron chi connectivity index (χ4n) is 2.33. The maximum atomic E-state index is 12.6. The fraction of sp³-hybridized carbons (Fsp3) is 0.786. The van der Waals surface area contributed by atoms with Gasteiger partial charge in [0.1, 0.15) is 5.78 Å². The second kappa shape index (κ2) is 6.22. The van der Waals surface area contributed by atoms with Gasteiger partial charge in [0.05, 0.1) is 12.7 Å². The van der Waals surface area contributed by atoms with Crippen LogP contribution in [-0.4, -0.2) is 30.6 Å². The molecule has 0 aliphatic rings. The number of carbonyl (C=O) groups is 1. The second-order valence-corrected chi connectivity index (χ2v) is 9.47. The third kappa shape index (κ3) is 5.63. The van der Waals surface area contributed by atoms with Crippen molar-refractivity contribution in [2.24, 2.45) is 16.7 Å². The van der Waals surface area contributed by atoms with E-state index in [9.17, 15) is 9.36 Å². The molecule has 1 rings (SSSR count). The molecular formula is C14H26N3O4P. The van der Waals surface area contributed by atoms with Crippen LogP contribution in [0.15, 0.2) is 6.20 Å². The molecule has 1 aromatic rings. The van der Waals surface area contributed by atoms with Gasteiger partial charge in [-0.2, -0.15) is 0 Å². The van der Waals surface area contributed by atoms with Crippen molar-refractivity contribution >= 4 is 18.8 Å². The maximum Gasteiger partial charge on any atom is 0.377 e. The van der Waals surface area contributed by atoms with Crippen molar-refractivity contribution in [1.82, 2.24) is 15.0 Å². The first-order chi connectivity index (χ1) is 9.70. The Bertz CT molecular complexity index is 578. The molecule has 7 nitrogen and oxygen atoms in total. The fourth-order valence-corrected chi connectivity index (χ4v) is 2.77. The SMILES string of the molecule is CC(C)(C)C[C@@H](Cn1cc(P(=O)(O)O)nn1)C(=O)C(C)(C)C. The molecule has 0 saturated heterocycles. The first-order valence-corrected chi connectivity index (χ1v) is 8.82. The maximum absolute atomic E-state index is 12.6. The Hall–Kier alpha value is -1.04. The van der Waals surface area contributed by atoms with E-state index in [4.69, 9.17) is 9.79 Å². The van der Waals surface area contributed by atoms with Gasteiger partial charge >= 0.3 is 7.60 Å². The van der Waals surface area contributed by atoms with E-state index in [1.807, 2.05) is 20.8 Å². The van der Waals surface area contributed by atoms with Gasteiger partial charge in [0.15, 0.2) is 5.44 Å². The average molecular weight is 331 g/mol. The van der Waals surface area contributed by atoms with Gasteiger partial charge < -0.3 is 9.79 Å². The van der Waals surface area contributed by atoms with Crippen molar-refractivity contribution in [2.45, 2.75) is 54.5 Å². The Balaban J connectivity index is 3.01. The first kappa shape index (κ1) is 19.0. The molecule has 1 heterocycles. The average Bonchev–Trinajstić information content (AvgIpc) is 2.72. The molecule has 0 aliphatic carbocycles. The quantitative estimate of drug-likeness (QED) is 0.796. The number of Topliss-reactive ketones (excluding diaryl/α,β-unsaturated/α-hetero) is 1. The van der Waals surface area contributed by atoms with Crippen LogP contribution < -0.4 is 5.44 Å². The molecule has 0 aromatic carbocycles. The van der Waals surface area contributed by atoms with Crippen molar-refractivity contribution in [3.63, 3.8) is 0 Å². The van der Waals surface area contributed by atoms with Crippen molar-refractivity contribution in [3.8, 4) is 0 Å². The lowest BCUT2D eigenvalue weighted by molar-refractivity contribution is -0.132. The molecule has 0 bridgehead atoms. The largest absolute Gasteiger partial charge is 0.377 e. The van der Waals surface area contributed by atoms with Crippen molar-refractivity contribution in [2.75, 3.05) is 0 Å². The van der Waals surface area contributed by atoms with Crippen LogP contribution in [0.1, 0.15) is 48.0 Å². The zero-order valence-electron chi connectivity index (χ0n) is 14.1. The number of nitrogens with zero attached hydrogens (tertiary/aromatic N) is 3. The predicted octanol–water partition coefficient (Wildman–Crippen LogP) is 1.75. The highest BCUT2D eigenvalue weighted by molar-refractivity contribution is 7.59. The van der Waals surface area contributed by atoms with Crippen LogP contribution in [-0.2, 0) is 15.9 Å². The summed E-state index contributed by atoms with van der Waals surface area (Å²) >= 11 is 0.